The molecule has 0 radical (unpaired) electrons. The van der Waals surface area contributed by atoms with E-state index >= 15 is 0 Å². The van der Waals surface area contributed by atoms with Crippen LogP contribution >= 0.6 is 0 Å². The Hall–Kier alpha value is -7.74. The van der Waals surface area contributed by atoms with Gasteiger partial charge in [0, 0.05) is 6.54 Å². The normalized spacial score (nSPS) is 13.6. The molecular weight excluding hydrogens is 1010 g/mol. The molecule has 76 heavy (non-hydrogen) atoms. The lowest BCUT2D eigenvalue weighted by atomic mass is 9.99. The number of nitrogens with two attached hydrogens (primary N) is 3. The van der Waals surface area contributed by atoms with Crippen molar-refractivity contribution in [1.82, 2.24) is 58.5 Å². The molecule has 0 aromatic heterocycles. The summed E-state index contributed by atoms with van der Waals surface area (Å²) in [5.74, 6) is -14.1. The molecule has 11 amide bonds. The SMILES string of the molecule is CC(C)C[C@H](NC(=O)[C@H](CO)NC(=O)CNC(=O)[C@H](CCCN=C(N)N)NC(=O)CNC(=O)CNC(=O)[C@H](CC(C)C)NC(=O)[C@H](CC(C)C)NC(=O)[C@H](CO)NC(=O)[C@H](CC(=O)O)NC(=O)CNC(=O)CN)C(=O)O. The van der Waals surface area contributed by atoms with E-state index in [9.17, 15) is 82.8 Å². The molecule has 21 N–H and O–H groups in total. The van der Waals surface area contributed by atoms with Gasteiger partial charge in [-0.15, -0.1) is 0 Å². The van der Waals surface area contributed by atoms with Gasteiger partial charge in [0.05, 0.1) is 52.4 Å². The van der Waals surface area contributed by atoms with Crippen molar-refractivity contribution < 1.29 is 82.8 Å². The summed E-state index contributed by atoms with van der Waals surface area (Å²) in [5.41, 5.74) is 15.9. The number of rotatable bonds is 37. The number of hydrogen-bond donors (Lipinski definition) is 18. The van der Waals surface area contributed by atoms with Crippen molar-refractivity contribution in [3.8, 4) is 0 Å². The number of guanidine groups is 1. The van der Waals surface area contributed by atoms with Gasteiger partial charge >= 0.3 is 11.9 Å². The lowest BCUT2D eigenvalue weighted by molar-refractivity contribution is -0.143. The van der Waals surface area contributed by atoms with Crippen molar-refractivity contribution in [1.29, 1.82) is 0 Å². The number of carboxylic acid groups (broad SMARTS) is 2. The first-order chi connectivity index (χ1) is 35.5. The smallest absolute Gasteiger partial charge is 0.326 e. The van der Waals surface area contributed by atoms with Gasteiger partial charge in [-0.25, -0.2) is 4.79 Å². The fourth-order valence-electron chi connectivity index (χ4n) is 6.54. The molecule has 0 fully saturated rings. The molecule has 32 heteroatoms. The quantitative estimate of drug-likeness (QED) is 0.0156. The molecule has 0 aromatic rings. The topological polar surface area (TPSA) is 526 Å². The van der Waals surface area contributed by atoms with Crippen LogP contribution < -0.4 is 75.7 Å². The summed E-state index contributed by atoms with van der Waals surface area (Å²) in [6.07, 6.45) is -0.878. The number of aliphatic hydroxyl groups excluding tert-OH is 2. The number of carbonyl (C=O) groups excluding carboxylic acids is 11. The van der Waals surface area contributed by atoms with E-state index in [1.807, 2.05) is 0 Å². The van der Waals surface area contributed by atoms with Crippen molar-refractivity contribution in [2.45, 2.75) is 122 Å². The lowest BCUT2D eigenvalue weighted by Crippen LogP contribution is -2.60. The minimum absolute atomic E-state index is 0.0170. The zero-order valence-electron chi connectivity index (χ0n) is 43.4. The summed E-state index contributed by atoms with van der Waals surface area (Å²) in [7, 11) is 0. The molecular formula is C44H77N15O17. The summed E-state index contributed by atoms with van der Waals surface area (Å²) in [5, 5.41) is 63.4. The molecule has 0 aromatic carbocycles. The Bertz CT molecular complexity index is 2050. The molecule has 0 rings (SSSR count). The van der Waals surface area contributed by atoms with Gasteiger partial charge in [-0.3, -0.25) is 62.5 Å². The molecule has 0 aliphatic heterocycles. The maximum Gasteiger partial charge on any atom is 0.326 e. The number of hydrogen-bond acceptors (Lipinski definition) is 17. The monoisotopic (exact) mass is 1090 g/mol. The van der Waals surface area contributed by atoms with Crippen LogP contribution in [0.5, 0.6) is 0 Å². The Morgan fingerprint density at radius 2 is 0.789 bits per heavy atom. The third-order valence-corrected chi connectivity index (χ3v) is 10.2. The Balaban J connectivity index is 5.78. The summed E-state index contributed by atoms with van der Waals surface area (Å²) in [4.78, 5) is 168. The Morgan fingerprint density at radius 1 is 0.434 bits per heavy atom. The molecule has 0 heterocycles. The number of amides is 11. The van der Waals surface area contributed by atoms with E-state index in [0.29, 0.717) is 0 Å². The van der Waals surface area contributed by atoms with E-state index in [0.717, 1.165) is 0 Å². The van der Waals surface area contributed by atoms with Crippen LogP contribution in [0.2, 0.25) is 0 Å². The van der Waals surface area contributed by atoms with Gasteiger partial charge in [0.1, 0.15) is 42.3 Å². The molecule has 0 bridgehead atoms. The molecule has 0 spiro atoms. The summed E-state index contributed by atoms with van der Waals surface area (Å²) < 4.78 is 0. The van der Waals surface area contributed by atoms with E-state index in [-0.39, 0.29) is 62.4 Å². The summed E-state index contributed by atoms with van der Waals surface area (Å²) in [6, 6.07) is -10.5. The number of nitrogens with zero attached hydrogens (tertiary/aromatic N) is 1. The highest BCUT2D eigenvalue weighted by atomic mass is 16.4. The maximum absolute atomic E-state index is 13.7. The van der Waals surface area contributed by atoms with Gasteiger partial charge in [0.25, 0.3) is 0 Å². The molecule has 7 atom stereocenters. The third-order valence-electron chi connectivity index (χ3n) is 10.2. The molecule has 32 nitrogen and oxygen atoms in total. The van der Waals surface area contributed by atoms with Gasteiger partial charge < -0.3 is 96.1 Å². The Kier molecular flexibility index (Phi) is 32.6. The first-order valence-corrected chi connectivity index (χ1v) is 24.1. The zero-order valence-corrected chi connectivity index (χ0v) is 43.4. The maximum atomic E-state index is 13.7. The standard InChI is InChI=1S/C44H77N15O17/c1-21(2)10-25(56-39(71)26(11-22(3)4)57-42(74)30(20-61)59-40(72)27(13-36(67)68)54-34(65)16-49-31(62)14-45)38(70)51-15-32(63)50-17-33(64)53-24(8-7-9-48-44(46)47)37(69)52-18-35(66)55-29(19-60)41(73)58-28(43(75)76)12-23(5)6/h21-30,60-61H,7-20,45H2,1-6H3,(H,49,62)(H,50,63)(H,51,70)(H,52,69)(H,53,64)(H,54,65)(H,55,66)(H,56,71)(H,57,74)(H,58,73)(H,59,72)(H,67,68)(H,75,76)(H4,46,47,48)/t24-,25-,26-,27-,28-,29-,30-/m0/s1. The van der Waals surface area contributed by atoms with E-state index in [1.54, 1.807) is 41.5 Å². The van der Waals surface area contributed by atoms with Crippen LogP contribution in [0.3, 0.4) is 0 Å². The Morgan fingerprint density at radius 3 is 1.24 bits per heavy atom. The summed E-state index contributed by atoms with van der Waals surface area (Å²) >= 11 is 0. The number of aliphatic carboxylic acids is 2. The van der Waals surface area contributed by atoms with Crippen LogP contribution in [0.4, 0.5) is 0 Å². The van der Waals surface area contributed by atoms with Gasteiger partial charge in [0.15, 0.2) is 5.96 Å². The van der Waals surface area contributed by atoms with Crippen molar-refractivity contribution in [3.63, 3.8) is 0 Å². The van der Waals surface area contributed by atoms with Crippen LogP contribution in [-0.2, 0) is 62.3 Å². The number of nitrogens with one attached hydrogen (secondary N) is 11. The second-order valence-corrected chi connectivity index (χ2v) is 18.4. The van der Waals surface area contributed by atoms with Crippen LogP contribution in [0.15, 0.2) is 4.99 Å². The van der Waals surface area contributed by atoms with Crippen LogP contribution in [-0.4, -0.2) is 198 Å². The Labute approximate surface area is 438 Å². The van der Waals surface area contributed by atoms with Crippen LogP contribution in [0.25, 0.3) is 0 Å². The average Bonchev–Trinajstić information content (AvgIpc) is 3.33. The number of carbonyl (C=O) groups is 13. The number of aliphatic hydroxyl groups is 2. The highest BCUT2D eigenvalue weighted by Gasteiger charge is 2.33. The van der Waals surface area contributed by atoms with E-state index < -0.39 is 172 Å². The number of carboxylic acids is 2. The molecule has 0 unspecified atom stereocenters. The van der Waals surface area contributed by atoms with Crippen LogP contribution in [0.1, 0.15) is 80.1 Å². The summed E-state index contributed by atoms with van der Waals surface area (Å²) in [6.45, 7) is 5.04. The highest BCUT2D eigenvalue weighted by Crippen LogP contribution is 2.10. The predicted octanol–water partition coefficient (Wildman–Crippen LogP) is -8.46. The van der Waals surface area contributed by atoms with Crippen molar-refractivity contribution in [2.75, 3.05) is 52.5 Å². The molecule has 0 aliphatic rings. The molecule has 0 saturated heterocycles. The molecule has 0 aliphatic carbocycles. The fourth-order valence-corrected chi connectivity index (χ4v) is 6.54. The minimum Gasteiger partial charge on any atom is -0.481 e. The van der Waals surface area contributed by atoms with Crippen molar-refractivity contribution in [3.05, 3.63) is 0 Å². The largest absolute Gasteiger partial charge is 0.481 e. The first kappa shape index (κ1) is 68.3. The second-order valence-electron chi connectivity index (χ2n) is 18.4. The van der Waals surface area contributed by atoms with Gasteiger partial charge in [-0.05, 0) is 49.9 Å². The van der Waals surface area contributed by atoms with E-state index in [4.69, 9.17) is 17.2 Å². The second kappa shape index (κ2) is 36.2. The lowest BCUT2D eigenvalue weighted by Gasteiger charge is -2.27. The fraction of sp³-hybridized carbons (Fsp3) is 0.682. The third kappa shape index (κ3) is 29.8. The molecule has 430 valence electrons. The van der Waals surface area contributed by atoms with Gasteiger partial charge in [-0.1, -0.05) is 41.5 Å². The predicted molar refractivity (Wildman–Crippen MR) is 267 cm³/mol. The van der Waals surface area contributed by atoms with E-state index in [1.165, 1.54) is 0 Å². The average molecular weight is 1090 g/mol. The zero-order chi connectivity index (χ0) is 58.2. The first-order valence-electron chi connectivity index (χ1n) is 24.1. The van der Waals surface area contributed by atoms with Crippen molar-refractivity contribution in [2.24, 2.45) is 39.9 Å². The van der Waals surface area contributed by atoms with E-state index in [2.05, 4.69) is 63.5 Å². The van der Waals surface area contributed by atoms with Gasteiger partial charge in [-0.2, -0.15) is 0 Å². The number of aliphatic imine (C=N–C) groups is 1. The van der Waals surface area contributed by atoms with Crippen LogP contribution in [0, 0.1) is 17.8 Å². The minimum atomic E-state index is -1.78. The highest BCUT2D eigenvalue weighted by molar-refractivity contribution is 5.98. The van der Waals surface area contributed by atoms with Gasteiger partial charge in [0.2, 0.25) is 65.0 Å². The van der Waals surface area contributed by atoms with Crippen molar-refractivity contribution >= 4 is 82.9 Å². The molecule has 0 saturated carbocycles.